The lowest BCUT2D eigenvalue weighted by Gasteiger charge is -1.91. The van der Waals surface area contributed by atoms with Gasteiger partial charge in [-0.3, -0.25) is 0 Å². The number of amides is 1. The summed E-state index contributed by atoms with van der Waals surface area (Å²) in [6, 6.07) is 0. The number of hydrogen-bond donors (Lipinski definition) is 1. The van der Waals surface area contributed by atoms with Crippen LogP contribution in [0.5, 0.6) is 0 Å². The second-order valence-electron chi connectivity index (χ2n) is 1.38. The molecular formula is C5H5NOS+. The summed E-state index contributed by atoms with van der Waals surface area (Å²) in [6.45, 7) is 0. The number of carbonyl (C=O) groups is 1. The Morgan fingerprint density at radius 3 is 2.62 bits per heavy atom. The van der Waals surface area contributed by atoms with Gasteiger partial charge in [-0.05, 0) is 12.2 Å². The summed E-state index contributed by atoms with van der Waals surface area (Å²) in [6.07, 6.45) is 6.46. The van der Waals surface area contributed by atoms with Crippen LogP contribution >= 0.6 is 12.8 Å². The third kappa shape index (κ3) is 0.993. The van der Waals surface area contributed by atoms with Gasteiger partial charge in [0, 0.05) is 4.31 Å². The van der Waals surface area contributed by atoms with Crippen molar-refractivity contribution in [3.8, 4) is 0 Å². The molecule has 0 aromatic carbocycles. The Hall–Kier alpha value is -0.540. The molecule has 0 saturated heterocycles. The molecule has 1 radical (unpaired) electrons. The van der Waals surface area contributed by atoms with E-state index in [-0.39, 0.29) is 5.91 Å². The zero-order chi connectivity index (χ0) is 5.98. The molecule has 0 unspecified atom stereocenters. The van der Waals surface area contributed by atoms with Gasteiger partial charge in [0.25, 0.3) is 0 Å². The molecule has 0 aliphatic carbocycles. The summed E-state index contributed by atoms with van der Waals surface area (Å²) in [5.74, 6) is -0.101. The van der Waals surface area contributed by atoms with Crippen molar-refractivity contribution in [1.29, 1.82) is 0 Å². The first kappa shape index (κ1) is 5.59. The molecule has 0 atom stereocenters. The smallest absolute Gasteiger partial charge is 0.219 e. The minimum Gasteiger partial charge on any atom is -0.219 e. The lowest BCUT2D eigenvalue weighted by Crippen LogP contribution is -2.19. The standard InChI is InChI=1S/C5H5NOS/c7-5-3-1-2-4-6(5)8/h1-4,8H/q+1. The van der Waals surface area contributed by atoms with Crippen LogP contribution in [0.25, 0.3) is 0 Å². The van der Waals surface area contributed by atoms with Crippen molar-refractivity contribution in [2.75, 3.05) is 0 Å². The fourth-order valence-electron chi connectivity index (χ4n) is 0.419. The van der Waals surface area contributed by atoms with Gasteiger partial charge >= 0.3 is 5.91 Å². The van der Waals surface area contributed by atoms with Crippen molar-refractivity contribution in [3.63, 3.8) is 0 Å². The first-order valence-corrected chi connectivity index (χ1v) is 2.57. The maximum atomic E-state index is 10.5. The molecule has 0 bridgehead atoms. The predicted molar refractivity (Wildman–Crippen MR) is 34.4 cm³/mol. The summed E-state index contributed by atoms with van der Waals surface area (Å²) < 4.78 is 1.22. The lowest BCUT2D eigenvalue weighted by atomic mass is 10.4. The lowest BCUT2D eigenvalue weighted by molar-refractivity contribution is -0.116. The van der Waals surface area contributed by atoms with Crippen LogP contribution in [0.2, 0.25) is 0 Å². The van der Waals surface area contributed by atoms with E-state index in [1.54, 1.807) is 18.4 Å². The van der Waals surface area contributed by atoms with Crippen LogP contribution in [-0.4, -0.2) is 5.91 Å². The van der Waals surface area contributed by atoms with Gasteiger partial charge in [-0.1, -0.05) is 0 Å². The van der Waals surface area contributed by atoms with E-state index in [2.05, 4.69) is 12.8 Å². The maximum absolute atomic E-state index is 10.5. The second-order valence-corrected chi connectivity index (χ2v) is 1.81. The number of nitrogens with zero attached hydrogens (tertiary/aromatic N) is 1. The molecule has 3 heteroatoms. The summed E-state index contributed by atoms with van der Waals surface area (Å²) in [5, 5.41) is 0. The SMILES string of the molecule is O=C1C=CC=C[N+]1S. The van der Waals surface area contributed by atoms with Crippen LogP contribution in [0.4, 0.5) is 0 Å². The number of rotatable bonds is 0. The van der Waals surface area contributed by atoms with Gasteiger partial charge in [0.15, 0.2) is 6.20 Å². The summed E-state index contributed by atoms with van der Waals surface area (Å²) in [7, 11) is 0. The van der Waals surface area contributed by atoms with E-state index < -0.39 is 0 Å². The monoisotopic (exact) mass is 127 g/mol. The van der Waals surface area contributed by atoms with Crippen LogP contribution in [-0.2, 0) is 4.79 Å². The van der Waals surface area contributed by atoms with Crippen molar-refractivity contribution in [2.24, 2.45) is 0 Å². The van der Waals surface area contributed by atoms with E-state index in [0.717, 1.165) is 0 Å². The topological polar surface area (TPSA) is 23.0 Å². The highest BCUT2D eigenvalue weighted by Gasteiger charge is 2.17. The van der Waals surface area contributed by atoms with Crippen LogP contribution < -0.4 is 4.31 Å². The summed E-state index contributed by atoms with van der Waals surface area (Å²) in [4.78, 5) is 10.5. The molecule has 41 valence electrons. The minimum absolute atomic E-state index is 0.101. The van der Waals surface area contributed by atoms with Crippen molar-refractivity contribution in [3.05, 3.63) is 24.4 Å². The molecule has 0 saturated carbocycles. The third-order valence-electron chi connectivity index (χ3n) is 0.803. The molecule has 2 nitrogen and oxygen atoms in total. The molecule has 1 amide bonds. The molecule has 0 aromatic rings. The molecule has 1 aliphatic heterocycles. The van der Waals surface area contributed by atoms with Gasteiger partial charge in [-0.2, -0.15) is 0 Å². The molecule has 8 heavy (non-hydrogen) atoms. The van der Waals surface area contributed by atoms with E-state index in [1.165, 1.54) is 10.4 Å². The van der Waals surface area contributed by atoms with E-state index >= 15 is 0 Å². The first-order valence-electron chi connectivity index (χ1n) is 2.17. The normalized spacial score (nSPS) is 19.9. The highest BCUT2D eigenvalue weighted by molar-refractivity contribution is 7.79. The zero-order valence-electron chi connectivity index (χ0n) is 4.11. The van der Waals surface area contributed by atoms with Crippen LogP contribution in [0.1, 0.15) is 0 Å². The fraction of sp³-hybridized carbons (Fsp3) is 0. The quantitative estimate of drug-likeness (QED) is 0.373. The van der Waals surface area contributed by atoms with Crippen molar-refractivity contribution in [2.45, 2.75) is 0 Å². The Morgan fingerprint density at radius 2 is 2.25 bits per heavy atom. The maximum Gasteiger partial charge on any atom is 0.404 e. The second kappa shape index (κ2) is 2.15. The van der Waals surface area contributed by atoms with Crippen LogP contribution in [0.3, 0.4) is 0 Å². The Morgan fingerprint density at radius 1 is 1.50 bits per heavy atom. The highest BCUT2D eigenvalue weighted by Crippen LogP contribution is 1.97. The average Bonchev–Trinajstić information content (AvgIpc) is 1.77. The van der Waals surface area contributed by atoms with Crippen molar-refractivity contribution >= 4 is 18.7 Å². The van der Waals surface area contributed by atoms with Gasteiger partial charge in [-0.25, -0.2) is 4.79 Å². The number of carbonyl (C=O) groups excluding carboxylic acids is 1. The molecule has 0 fully saturated rings. The van der Waals surface area contributed by atoms with E-state index in [0.29, 0.717) is 0 Å². The van der Waals surface area contributed by atoms with Crippen LogP contribution in [0, 0.1) is 0 Å². The summed E-state index contributed by atoms with van der Waals surface area (Å²) in [5.41, 5.74) is 0. The van der Waals surface area contributed by atoms with Crippen molar-refractivity contribution < 1.29 is 4.79 Å². The van der Waals surface area contributed by atoms with E-state index in [4.69, 9.17) is 0 Å². The molecule has 0 N–H and O–H groups in total. The summed E-state index contributed by atoms with van der Waals surface area (Å²) >= 11 is 3.80. The molecule has 1 aliphatic rings. The number of allylic oxidation sites excluding steroid dienone is 2. The van der Waals surface area contributed by atoms with Gasteiger partial charge in [0.1, 0.15) is 12.8 Å². The Bertz CT molecular complexity index is 162. The van der Waals surface area contributed by atoms with E-state index in [1.807, 2.05) is 0 Å². The Balaban J connectivity index is 2.74. The number of thiol groups is 1. The highest BCUT2D eigenvalue weighted by atomic mass is 32.1. The zero-order valence-corrected chi connectivity index (χ0v) is 5.01. The fourth-order valence-corrected chi connectivity index (χ4v) is 0.563. The Kier molecular flexibility index (Phi) is 1.50. The van der Waals surface area contributed by atoms with Crippen LogP contribution in [0.15, 0.2) is 24.4 Å². The van der Waals surface area contributed by atoms with Gasteiger partial charge in [-0.15, -0.1) is 0 Å². The van der Waals surface area contributed by atoms with Gasteiger partial charge < -0.3 is 0 Å². The largest absolute Gasteiger partial charge is 0.404 e. The third-order valence-corrected chi connectivity index (χ3v) is 1.13. The molecule has 1 heterocycles. The molecular weight excluding hydrogens is 122 g/mol. The molecule has 0 spiro atoms. The predicted octanol–water partition coefficient (Wildman–Crippen LogP) is 0.581. The Labute approximate surface area is 53.0 Å². The first-order chi connectivity index (χ1) is 3.80. The van der Waals surface area contributed by atoms with Crippen molar-refractivity contribution in [1.82, 2.24) is 4.31 Å². The average molecular weight is 127 g/mol. The molecule has 1 rings (SSSR count). The molecule has 0 aromatic heterocycles. The number of hydrogen-bond acceptors (Lipinski definition) is 2. The van der Waals surface area contributed by atoms with E-state index in [9.17, 15) is 4.79 Å². The van der Waals surface area contributed by atoms with Gasteiger partial charge in [0.05, 0.1) is 6.08 Å². The van der Waals surface area contributed by atoms with Gasteiger partial charge in [0.2, 0.25) is 0 Å². The minimum atomic E-state index is -0.101.